The van der Waals surface area contributed by atoms with E-state index in [0.717, 1.165) is 74.8 Å². The Bertz CT molecular complexity index is 774. The van der Waals surface area contributed by atoms with Gasteiger partial charge in [0.2, 0.25) is 5.91 Å². The molecule has 0 saturated carbocycles. The summed E-state index contributed by atoms with van der Waals surface area (Å²) in [6.45, 7) is 4.96. The highest BCUT2D eigenvalue weighted by molar-refractivity contribution is 5.79. The molecular weight excluding hydrogens is 340 g/mol. The van der Waals surface area contributed by atoms with Crippen LogP contribution in [-0.4, -0.2) is 65.6 Å². The molecule has 4 rings (SSSR count). The summed E-state index contributed by atoms with van der Waals surface area (Å²) < 4.78 is 5.19. The minimum atomic E-state index is 0.105. The molecule has 1 saturated heterocycles. The molecule has 6 nitrogen and oxygen atoms in total. The normalized spacial score (nSPS) is 20.5. The van der Waals surface area contributed by atoms with Crippen LogP contribution in [0.25, 0.3) is 11.4 Å². The van der Waals surface area contributed by atoms with E-state index in [-0.39, 0.29) is 5.92 Å². The molecule has 2 aliphatic heterocycles. The molecule has 144 valence electrons. The van der Waals surface area contributed by atoms with Gasteiger partial charge >= 0.3 is 0 Å². The summed E-state index contributed by atoms with van der Waals surface area (Å²) in [4.78, 5) is 25.7. The number of hydrogen-bond donors (Lipinski definition) is 1. The third kappa shape index (κ3) is 4.06. The fraction of sp³-hybridized carbons (Fsp3) is 0.524. The van der Waals surface area contributed by atoms with Crippen molar-refractivity contribution >= 4 is 5.91 Å². The molecule has 1 aromatic heterocycles. The zero-order valence-electron chi connectivity index (χ0n) is 16.0. The number of H-pyrrole nitrogens is 1. The highest BCUT2D eigenvalue weighted by Gasteiger charge is 2.31. The van der Waals surface area contributed by atoms with Crippen LogP contribution in [0.3, 0.4) is 0 Å². The molecule has 3 heterocycles. The Kier molecular flexibility index (Phi) is 5.55. The van der Waals surface area contributed by atoms with Gasteiger partial charge in [-0.1, -0.05) is 30.3 Å². The van der Waals surface area contributed by atoms with Crippen molar-refractivity contribution in [1.29, 1.82) is 0 Å². The summed E-state index contributed by atoms with van der Waals surface area (Å²) in [5, 5.41) is 0. The number of imidazole rings is 1. The number of ether oxygens (including phenoxy) is 1. The molecule has 2 aromatic rings. The Labute approximate surface area is 160 Å². The van der Waals surface area contributed by atoms with Gasteiger partial charge < -0.3 is 19.5 Å². The zero-order chi connectivity index (χ0) is 18.6. The second kappa shape index (κ2) is 8.23. The molecule has 1 fully saturated rings. The molecule has 27 heavy (non-hydrogen) atoms. The van der Waals surface area contributed by atoms with Crippen LogP contribution in [0.2, 0.25) is 0 Å². The molecule has 1 aromatic carbocycles. The van der Waals surface area contributed by atoms with E-state index < -0.39 is 0 Å². The van der Waals surface area contributed by atoms with E-state index in [2.05, 4.69) is 22.0 Å². The number of benzene rings is 1. The Morgan fingerprint density at radius 3 is 2.96 bits per heavy atom. The van der Waals surface area contributed by atoms with Gasteiger partial charge in [0, 0.05) is 38.7 Å². The van der Waals surface area contributed by atoms with E-state index >= 15 is 0 Å². The summed E-state index contributed by atoms with van der Waals surface area (Å²) in [6.07, 6.45) is 2.90. The molecular formula is C21H28N4O2. The van der Waals surface area contributed by atoms with Gasteiger partial charge in [-0.25, -0.2) is 4.98 Å². The largest absolute Gasteiger partial charge is 0.383 e. The van der Waals surface area contributed by atoms with Crippen molar-refractivity contribution in [3.8, 4) is 11.4 Å². The van der Waals surface area contributed by atoms with Crippen LogP contribution < -0.4 is 0 Å². The van der Waals surface area contributed by atoms with E-state index in [1.807, 2.05) is 23.1 Å². The number of methoxy groups -OCH3 is 1. The van der Waals surface area contributed by atoms with Crippen molar-refractivity contribution in [3.63, 3.8) is 0 Å². The van der Waals surface area contributed by atoms with Gasteiger partial charge in [-0.05, 0) is 19.4 Å². The molecule has 0 spiro atoms. The first-order valence-corrected chi connectivity index (χ1v) is 9.88. The monoisotopic (exact) mass is 368 g/mol. The first-order valence-electron chi connectivity index (χ1n) is 9.88. The number of aromatic amines is 1. The SMILES string of the molecule is COCCN1CCC[C@@H](C(=O)N2CCc3nc(-c4ccccc4)[nH]c3C2)C1. The van der Waals surface area contributed by atoms with Crippen molar-refractivity contribution in [2.75, 3.05) is 39.9 Å². The standard InChI is InChI=1S/C21H28N4O2/c1-27-13-12-24-10-5-8-17(14-24)21(26)25-11-9-18-19(15-25)23-20(22-18)16-6-3-2-4-7-16/h2-4,6-7,17H,5,8-15H2,1H3,(H,22,23)/t17-/m1/s1. The molecule has 0 bridgehead atoms. The second-order valence-corrected chi connectivity index (χ2v) is 7.52. The molecule has 2 aliphatic rings. The van der Waals surface area contributed by atoms with Gasteiger partial charge in [0.05, 0.1) is 30.5 Å². The number of piperidine rings is 1. The minimum absolute atomic E-state index is 0.105. The maximum atomic E-state index is 13.1. The molecule has 1 N–H and O–H groups in total. The van der Waals surface area contributed by atoms with Crippen molar-refractivity contribution < 1.29 is 9.53 Å². The third-order valence-corrected chi connectivity index (χ3v) is 5.66. The number of hydrogen-bond acceptors (Lipinski definition) is 4. The number of fused-ring (bicyclic) bond motifs is 1. The van der Waals surface area contributed by atoms with Crippen molar-refractivity contribution in [2.24, 2.45) is 5.92 Å². The topological polar surface area (TPSA) is 61.5 Å². The van der Waals surface area contributed by atoms with Crippen LogP contribution >= 0.6 is 0 Å². The summed E-state index contributed by atoms with van der Waals surface area (Å²) in [5.74, 6) is 1.30. The summed E-state index contributed by atoms with van der Waals surface area (Å²) in [6, 6.07) is 10.2. The predicted molar refractivity (Wildman–Crippen MR) is 104 cm³/mol. The second-order valence-electron chi connectivity index (χ2n) is 7.52. The van der Waals surface area contributed by atoms with Gasteiger partial charge in [-0.3, -0.25) is 4.79 Å². The van der Waals surface area contributed by atoms with Gasteiger partial charge in [0.15, 0.2) is 0 Å². The minimum Gasteiger partial charge on any atom is -0.383 e. The number of likely N-dealkylation sites (tertiary alicyclic amines) is 1. The molecule has 6 heteroatoms. The van der Waals surface area contributed by atoms with E-state index in [0.29, 0.717) is 12.5 Å². The lowest BCUT2D eigenvalue weighted by Gasteiger charge is -2.35. The number of carbonyl (C=O) groups is 1. The van der Waals surface area contributed by atoms with Crippen LogP contribution in [0.4, 0.5) is 0 Å². The molecule has 0 radical (unpaired) electrons. The van der Waals surface area contributed by atoms with Crippen LogP contribution in [0.5, 0.6) is 0 Å². The van der Waals surface area contributed by atoms with E-state index in [9.17, 15) is 4.79 Å². The quantitative estimate of drug-likeness (QED) is 0.880. The number of nitrogens with zero attached hydrogens (tertiary/aromatic N) is 3. The van der Waals surface area contributed by atoms with E-state index in [4.69, 9.17) is 9.72 Å². The van der Waals surface area contributed by atoms with Gasteiger partial charge in [-0.15, -0.1) is 0 Å². The van der Waals surface area contributed by atoms with Gasteiger partial charge in [-0.2, -0.15) is 0 Å². The van der Waals surface area contributed by atoms with E-state index in [1.54, 1.807) is 7.11 Å². The Balaban J connectivity index is 1.42. The lowest BCUT2D eigenvalue weighted by molar-refractivity contribution is -0.138. The maximum Gasteiger partial charge on any atom is 0.227 e. The van der Waals surface area contributed by atoms with Crippen molar-refractivity contribution in [2.45, 2.75) is 25.8 Å². The number of amides is 1. The number of rotatable bonds is 5. The third-order valence-electron chi connectivity index (χ3n) is 5.66. The average Bonchev–Trinajstić information content (AvgIpc) is 3.16. The average molecular weight is 368 g/mol. The van der Waals surface area contributed by atoms with E-state index in [1.165, 1.54) is 0 Å². The van der Waals surface area contributed by atoms with Crippen LogP contribution in [0.1, 0.15) is 24.2 Å². The first kappa shape index (κ1) is 18.2. The highest BCUT2D eigenvalue weighted by atomic mass is 16.5. The number of aromatic nitrogens is 2. The van der Waals surface area contributed by atoms with Gasteiger partial charge in [0.1, 0.15) is 5.82 Å². The van der Waals surface area contributed by atoms with Crippen LogP contribution in [0.15, 0.2) is 30.3 Å². The fourth-order valence-electron chi connectivity index (χ4n) is 4.15. The summed E-state index contributed by atoms with van der Waals surface area (Å²) in [7, 11) is 1.73. The molecule has 1 amide bonds. The van der Waals surface area contributed by atoms with Crippen LogP contribution in [0, 0.1) is 5.92 Å². The molecule has 1 atom stereocenters. The first-order chi connectivity index (χ1) is 13.2. The van der Waals surface area contributed by atoms with Crippen LogP contribution in [-0.2, 0) is 22.5 Å². The Hall–Kier alpha value is -2.18. The summed E-state index contributed by atoms with van der Waals surface area (Å²) in [5.41, 5.74) is 3.27. The predicted octanol–water partition coefficient (Wildman–Crippen LogP) is 2.32. The Morgan fingerprint density at radius 1 is 1.30 bits per heavy atom. The maximum absolute atomic E-state index is 13.1. The smallest absolute Gasteiger partial charge is 0.227 e. The Morgan fingerprint density at radius 2 is 2.15 bits per heavy atom. The number of nitrogens with one attached hydrogen (secondary N) is 1. The molecule has 0 aliphatic carbocycles. The lowest BCUT2D eigenvalue weighted by Crippen LogP contribution is -2.46. The highest BCUT2D eigenvalue weighted by Crippen LogP contribution is 2.25. The summed E-state index contributed by atoms with van der Waals surface area (Å²) >= 11 is 0. The van der Waals surface area contributed by atoms with Crippen molar-refractivity contribution in [1.82, 2.24) is 19.8 Å². The number of carbonyl (C=O) groups excluding carboxylic acids is 1. The van der Waals surface area contributed by atoms with Gasteiger partial charge in [0.25, 0.3) is 0 Å². The lowest BCUT2D eigenvalue weighted by atomic mass is 9.95. The van der Waals surface area contributed by atoms with Crippen molar-refractivity contribution in [3.05, 3.63) is 41.7 Å². The zero-order valence-corrected chi connectivity index (χ0v) is 16.0. The fourth-order valence-corrected chi connectivity index (χ4v) is 4.15. The molecule has 0 unspecified atom stereocenters.